The van der Waals surface area contributed by atoms with Crippen molar-refractivity contribution in [3.63, 3.8) is 0 Å². The Morgan fingerprint density at radius 3 is 2.60 bits per heavy atom. The second-order valence-electron chi connectivity index (χ2n) is 11.7. The highest BCUT2D eigenvalue weighted by Crippen LogP contribution is 2.21. The van der Waals surface area contributed by atoms with Crippen molar-refractivity contribution in [2.24, 2.45) is 11.7 Å². The van der Waals surface area contributed by atoms with Crippen molar-refractivity contribution in [3.8, 4) is 0 Å². The Morgan fingerprint density at radius 2 is 1.91 bits per heavy atom. The summed E-state index contributed by atoms with van der Waals surface area (Å²) in [5.74, 6) is -0.798. The number of amides is 2. The van der Waals surface area contributed by atoms with Crippen LogP contribution in [0.15, 0.2) is 95.8 Å². The number of hydrogen-bond donors (Lipinski definition) is 4. The summed E-state index contributed by atoms with van der Waals surface area (Å²) in [6.07, 6.45) is 18.0. The average molecular weight is 625 g/mol. The Morgan fingerprint density at radius 1 is 1.18 bits per heavy atom. The molecule has 2 amide bonds. The van der Waals surface area contributed by atoms with E-state index < -0.39 is 36.5 Å². The molecule has 0 spiro atoms. The third-order valence-electron chi connectivity index (χ3n) is 6.87. The standard InChI is InChI=1S/C36H52N2O7/c1-25(2)21-28(5)24-34(41)38-20-19-27(4)22-29(6)33-23-26(3)13-9-7-11-15-32(45-36(37)43)31(40)18-17-30(39)14-10-8-12-16-35(42)44-33/h7,9,12-13,16-20,22,24,29-33,39-40H,1,8,10-11,14-15,21,23H2,2-6H3,(H2,37,43)(H,38,41). The number of aliphatic hydroxyl groups excluding tert-OH is 2. The van der Waals surface area contributed by atoms with Gasteiger partial charge in [-0.15, -0.1) is 0 Å². The molecular weight excluding hydrogens is 572 g/mol. The van der Waals surface area contributed by atoms with Crippen LogP contribution in [-0.2, 0) is 19.1 Å². The van der Waals surface area contributed by atoms with Crippen molar-refractivity contribution in [3.05, 3.63) is 95.8 Å². The van der Waals surface area contributed by atoms with Crippen LogP contribution in [0, 0.1) is 5.92 Å². The Balaban J connectivity index is 3.07. The topological polar surface area (TPSA) is 148 Å². The van der Waals surface area contributed by atoms with Crippen LogP contribution in [-0.4, -0.2) is 52.6 Å². The predicted molar refractivity (Wildman–Crippen MR) is 179 cm³/mol. The van der Waals surface area contributed by atoms with E-state index in [2.05, 4.69) is 11.9 Å². The smallest absolute Gasteiger partial charge is 0.404 e. The Labute approximate surface area is 268 Å². The normalized spacial score (nSPS) is 24.0. The SMILES string of the molecule is C=C(C)CC(C)=CC(=O)NC=CC(C)=CC(C)C1CC(C)=CC=CCCC(OC(N)=O)C(O)C=CC(O)CCCC=CC(=O)O1. The lowest BCUT2D eigenvalue weighted by Gasteiger charge is -2.22. The van der Waals surface area contributed by atoms with Gasteiger partial charge in [0, 0.05) is 30.7 Å². The van der Waals surface area contributed by atoms with Gasteiger partial charge >= 0.3 is 12.1 Å². The molecule has 5 N–H and O–H groups in total. The molecule has 5 atom stereocenters. The van der Waals surface area contributed by atoms with Crippen molar-refractivity contribution in [1.82, 2.24) is 5.32 Å². The first-order valence-electron chi connectivity index (χ1n) is 15.4. The van der Waals surface area contributed by atoms with Crippen LogP contribution >= 0.6 is 0 Å². The minimum Gasteiger partial charge on any atom is -0.458 e. The number of allylic oxidation sites excluding steroid dienone is 8. The maximum Gasteiger partial charge on any atom is 0.404 e. The molecule has 9 heteroatoms. The monoisotopic (exact) mass is 624 g/mol. The number of hydrogen-bond acceptors (Lipinski definition) is 7. The van der Waals surface area contributed by atoms with Crippen LogP contribution in [0.1, 0.15) is 79.6 Å². The van der Waals surface area contributed by atoms with Gasteiger partial charge in [-0.3, -0.25) is 4.79 Å². The van der Waals surface area contributed by atoms with Crippen LogP contribution in [0.4, 0.5) is 4.79 Å². The van der Waals surface area contributed by atoms with Gasteiger partial charge in [0.25, 0.3) is 0 Å². The molecule has 0 bridgehead atoms. The highest BCUT2D eigenvalue weighted by Gasteiger charge is 2.21. The Kier molecular flexibility index (Phi) is 18.8. The molecule has 0 radical (unpaired) electrons. The number of esters is 1. The van der Waals surface area contributed by atoms with E-state index in [1.165, 1.54) is 18.2 Å². The molecule has 1 aliphatic heterocycles. The van der Waals surface area contributed by atoms with Crippen LogP contribution in [0.3, 0.4) is 0 Å². The third kappa shape index (κ3) is 19.1. The van der Waals surface area contributed by atoms with Gasteiger partial charge in [0.05, 0.1) is 6.10 Å². The molecule has 1 rings (SSSR count). The molecule has 1 aliphatic rings. The van der Waals surface area contributed by atoms with Gasteiger partial charge in [0.2, 0.25) is 5.91 Å². The molecule has 1 heterocycles. The molecule has 0 fully saturated rings. The number of nitrogens with one attached hydrogen (secondary N) is 1. The predicted octanol–water partition coefficient (Wildman–Crippen LogP) is 6.18. The molecule has 248 valence electrons. The third-order valence-corrected chi connectivity index (χ3v) is 6.87. The zero-order valence-electron chi connectivity index (χ0n) is 27.4. The molecule has 0 saturated carbocycles. The molecule has 45 heavy (non-hydrogen) atoms. The number of primary amides is 1. The second kappa shape index (κ2) is 21.7. The summed E-state index contributed by atoms with van der Waals surface area (Å²) in [5.41, 5.74) is 8.98. The highest BCUT2D eigenvalue weighted by molar-refractivity contribution is 5.89. The van der Waals surface area contributed by atoms with E-state index >= 15 is 0 Å². The fourth-order valence-electron chi connectivity index (χ4n) is 4.66. The van der Waals surface area contributed by atoms with E-state index in [4.69, 9.17) is 15.2 Å². The maximum absolute atomic E-state index is 12.7. The lowest BCUT2D eigenvalue weighted by molar-refractivity contribution is -0.144. The van der Waals surface area contributed by atoms with Crippen molar-refractivity contribution in [1.29, 1.82) is 0 Å². The number of carbonyl (C=O) groups excluding carboxylic acids is 3. The van der Waals surface area contributed by atoms with Gasteiger partial charge < -0.3 is 30.7 Å². The number of nitrogens with two attached hydrogens (primary N) is 1. The number of carbonyl (C=O) groups is 3. The molecular formula is C36H52N2O7. The lowest BCUT2D eigenvalue weighted by Crippen LogP contribution is -2.32. The summed E-state index contributed by atoms with van der Waals surface area (Å²) in [7, 11) is 0. The largest absolute Gasteiger partial charge is 0.458 e. The highest BCUT2D eigenvalue weighted by atomic mass is 16.6. The second-order valence-corrected chi connectivity index (χ2v) is 11.7. The molecule has 0 aromatic heterocycles. The zero-order valence-corrected chi connectivity index (χ0v) is 27.4. The first-order valence-corrected chi connectivity index (χ1v) is 15.4. The Hall–Kier alpha value is -3.95. The van der Waals surface area contributed by atoms with E-state index in [1.807, 2.05) is 58.9 Å². The summed E-state index contributed by atoms with van der Waals surface area (Å²) in [6, 6.07) is 0. The maximum atomic E-state index is 12.7. The Bertz CT molecular complexity index is 1210. The molecule has 0 saturated heterocycles. The first kappa shape index (κ1) is 39.1. The number of aliphatic hydroxyl groups is 2. The molecule has 5 unspecified atom stereocenters. The number of cyclic esters (lactones) is 1. The quantitative estimate of drug-likeness (QED) is 0.109. The van der Waals surface area contributed by atoms with Crippen LogP contribution < -0.4 is 11.1 Å². The fourth-order valence-corrected chi connectivity index (χ4v) is 4.66. The van der Waals surface area contributed by atoms with Gasteiger partial charge in [-0.05, 0) is 72.3 Å². The van der Waals surface area contributed by atoms with Crippen molar-refractivity contribution in [2.75, 3.05) is 0 Å². The molecule has 0 aromatic rings. The molecule has 0 aliphatic carbocycles. The summed E-state index contributed by atoms with van der Waals surface area (Å²) in [4.78, 5) is 36.2. The summed E-state index contributed by atoms with van der Waals surface area (Å²) < 4.78 is 11.0. The first-order chi connectivity index (χ1) is 21.3. The van der Waals surface area contributed by atoms with E-state index in [-0.39, 0.29) is 11.8 Å². The van der Waals surface area contributed by atoms with Gasteiger partial charge in [0.15, 0.2) is 0 Å². The van der Waals surface area contributed by atoms with Crippen LogP contribution in [0.2, 0.25) is 0 Å². The summed E-state index contributed by atoms with van der Waals surface area (Å²) >= 11 is 0. The summed E-state index contributed by atoms with van der Waals surface area (Å²) in [6.45, 7) is 13.5. The summed E-state index contributed by atoms with van der Waals surface area (Å²) in [5, 5.41) is 23.5. The minimum atomic E-state index is -1.12. The average Bonchev–Trinajstić information content (AvgIpc) is 2.93. The lowest BCUT2D eigenvalue weighted by atomic mass is 9.95. The minimum absolute atomic E-state index is 0.138. The van der Waals surface area contributed by atoms with Crippen molar-refractivity contribution >= 4 is 18.0 Å². The van der Waals surface area contributed by atoms with E-state index in [9.17, 15) is 24.6 Å². The molecule has 0 aromatic carbocycles. The van der Waals surface area contributed by atoms with Gasteiger partial charge in [0.1, 0.15) is 18.3 Å². The van der Waals surface area contributed by atoms with Crippen LogP contribution in [0.5, 0.6) is 0 Å². The zero-order chi connectivity index (χ0) is 33.8. The van der Waals surface area contributed by atoms with Gasteiger partial charge in [-0.25, -0.2) is 9.59 Å². The van der Waals surface area contributed by atoms with Crippen molar-refractivity contribution in [2.45, 2.75) is 104 Å². The van der Waals surface area contributed by atoms with E-state index in [0.29, 0.717) is 44.9 Å². The van der Waals surface area contributed by atoms with E-state index in [0.717, 1.165) is 22.3 Å². The van der Waals surface area contributed by atoms with E-state index in [1.54, 1.807) is 24.4 Å². The number of rotatable bonds is 8. The number of ether oxygens (including phenoxy) is 2. The van der Waals surface area contributed by atoms with Crippen molar-refractivity contribution < 1.29 is 34.1 Å². The fraction of sp³-hybridized carbons (Fsp3) is 0.472. The van der Waals surface area contributed by atoms with Gasteiger partial charge in [-0.1, -0.05) is 78.3 Å². The van der Waals surface area contributed by atoms with Crippen LogP contribution in [0.25, 0.3) is 0 Å². The van der Waals surface area contributed by atoms with Gasteiger partial charge in [-0.2, -0.15) is 0 Å². The molecule has 9 nitrogen and oxygen atoms in total.